The quantitative estimate of drug-likeness (QED) is 0.865. The molecular weight excluding hydrogens is 356 g/mol. The zero-order chi connectivity index (χ0) is 18.9. The molecule has 1 aliphatic heterocycles. The predicted octanol–water partition coefficient (Wildman–Crippen LogP) is 2.28. The topological polar surface area (TPSA) is 84.9 Å². The predicted molar refractivity (Wildman–Crippen MR) is 99.8 cm³/mol. The Hall–Kier alpha value is -2.74. The summed E-state index contributed by atoms with van der Waals surface area (Å²) in [6.07, 6.45) is 1.83. The summed E-state index contributed by atoms with van der Waals surface area (Å²) in [5.74, 6) is 0.671. The molecule has 1 amide bonds. The third kappa shape index (κ3) is 3.60. The van der Waals surface area contributed by atoms with Crippen LogP contribution < -0.4 is 19.1 Å². The fourth-order valence-electron chi connectivity index (χ4n) is 2.91. The first kappa shape index (κ1) is 18.1. The lowest BCUT2D eigenvalue weighted by Crippen LogP contribution is -2.27. The van der Waals surface area contributed by atoms with Crippen molar-refractivity contribution in [2.45, 2.75) is 6.42 Å². The number of benzene rings is 2. The molecular formula is C18H20N2O5S. The van der Waals surface area contributed by atoms with Gasteiger partial charge in [0.15, 0.2) is 0 Å². The van der Waals surface area contributed by atoms with Crippen LogP contribution in [0.25, 0.3) is 0 Å². The fourth-order valence-corrected chi connectivity index (χ4v) is 3.86. The number of carbonyl (C=O) groups excluding carboxylic acids is 1. The van der Waals surface area contributed by atoms with Crippen LogP contribution in [-0.2, 0) is 16.4 Å². The summed E-state index contributed by atoms with van der Waals surface area (Å²) in [6.45, 7) is 0.415. The Labute approximate surface area is 152 Å². The maximum absolute atomic E-state index is 12.6. The van der Waals surface area contributed by atoms with Crippen LogP contribution in [0.2, 0.25) is 0 Å². The Morgan fingerprint density at radius 1 is 1.08 bits per heavy atom. The van der Waals surface area contributed by atoms with Crippen LogP contribution in [0.3, 0.4) is 0 Å². The molecule has 2 aromatic carbocycles. The standard InChI is InChI=1S/C18H20N2O5S/c1-24-15-8-13(9-16(11-15)25-2)18(21)19-14-5-4-12-6-7-20(17(12)10-14)26(3,22)23/h4-5,8-11H,6-7H2,1-3H3,(H,19,21). The fraction of sp³-hybridized carbons (Fsp3) is 0.278. The van der Waals surface area contributed by atoms with Gasteiger partial charge in [-0.05, 0) is 36.2 Å². The van der Waals surface area contributed by atoms with Gasteiger partial charge in [-0.25, -0.2) is 8.42 Å². The van der Waals surface area contributed by atoms with Crippen molar-refractivity contribution in [2.75, 3.05) is 36.6 Å². The summed E-state index contributed by atoms with van der Waals surface area (Å²) >= 11 is 0. The van der Waals surface area contributed by atoms with Crippen molar-refractivity contribution in [2.24, 2.45) is 0 Å². The summed E-state index contributed by atoms with van der Waals surface area (Å²) in [5, 5.41) is 2.79. The molecule has 1 heterocycles. The van der Waals surface area contributed by atoms with Gasteiger partial charge in [0.05, 0.1) is 26.2 Å². The second-order valence-corrected chi connectivity index (χ2v) is 7.89. The van der Waals surface area contributed by atoms with E-state index in [1.165, 1.54) is 24.8 Å². The van der Waals surface area contributed by atoms with E-state index in [0.717, 1.165) is 5.56 Å². The number of anilines is 2. The summed E-state index contributed by atoms with van der Waals surface area (Å²) in [4.78, 5) is 12.6. The van der Waals surface area contributed by atoms with Gasteiger partial charge in [0.2, 0.25) is 10.0 Å². The second-order valence-electron chi connectivity index (χ2n) is 5.98. The lowest BCUT2D eigenvalue weighted by molar-refractivity contribution is 0.102. The highest BCUT2D eigenvalue weighted by Gasteiger charge is 2.26. The van der Waals surface area contributed by atoms with E-state index in [0.29, 0.717) is 41.4 Å². The summed E-state index contributed by atoms with van der Waals surface area (Å²) in [5.41, 5.74) is 2.44. The molecule has 0 aliphatic carbocycles. The van der Waals surface area contributed by atoms with Crippen molar-refractivity contribution in [3.63, 3.8) is 0 Å². The van der Waals surface area contributed by atoms with Gasteiger partial charge in [-0.15, -0.1) is 0 Å². The van der Waals surface area contributed by atoms with Gasteiger partial charge >= 0.3 is 0 Å². The van der Waals surface area contributed by atoms with E-state index in [2.05, 4.69) is 5.32 Å². The molecule has 0 atom stereocenters. The highest BCUT2D eigenvalue weighted by molar-refractivity contribution is 7.92. The highest BCUT2D eigenvalue weighted by Crippen LogP contribution is 2.33. The Morgan fingerprint density at radius 2 is 1.73 bits per heavy atom. The van der Waals surface area contributed by atoms with Crippen molar-refractivity contribution >= 4 is 27.3 Å². The van der Waals surface area contributed by atoms with Gasteiger partial charge in [-0.1, -0.05) is 6.07 Å². The van der Waals surface area contributed by atoms with Crippen molar-refractivity contribution < 1.29 is 22.7 Å². The smallest absolute Gasteiger partial charge is 0.255 e. The van der Waals surface area contributed by atoms with E-state index >= 15 is 0 Å². The average Bonchev–Trinajstić information content (AvgIpc) is 3.04. The molecule has 138 valence electrons. The lowest BCUT2D eigenvalue weighted by atomic mass is 10.1. The van der Waals surface area contributed by atoms with E-state index in [-0.39, 0.29) is 5.91 Å². The molecule has 0 aromatic heterocycles. The van der Waals surface area contributed by atoms with Gasteiger partial charge in [0.1, 0.15) is 11.5 Å². The van der Waals surface area contributed by atoms with Gasteiger partial charge in [-0.2, -0.15) is 0 Å². The lowest BCUT2D eigenvalue weighted by Gasteiger charge is -2.17. The first-order valence-corrected chi connectivity index (χ1v) is 9.81. The third-order valence-corrected chi connectivity index (χ3v) is 5.39. The minimum Gasteiger partial charge on any atom is -0.497 e. The van der Waals surface area contributed by atoms with Gasteiger partial charge in [0, 0.05) is 23.9 Å². The molecule has 2 aromatic rings. The van der Waals surface area contributed by atoms with Crippen molar-refractivity contribution in [1.29, 1.82) is 0 Å². The molecule has 7 nitrogen and oxygen atoms in total. The molecule has 0 saturated heterocycles. The monoisotopic (exact) mass is 376 g/mol. The molecule has 3 rings (SSSR count). The largest absolute Gasteiger partial charge is 0.497 e. The maximum atomic E-state index is 12.6. The van der Waals surface area contributed by atoms with Crippen molar-refractivity contribution in [1.82, 2.24) is 0 Å². The van der Waals surface area contributed by atoms with Gasteiger partial charge in [0.25, 0.3) is 5.91 Å². The number of hydrogen-bond donors (Lipinski definition) is 1. The SMILES string of the molecule is COc1cc(OC)cc(C(=O)Nc2ccc3c(c2)N(S(C)(=O)=O)CC3)c1. The molecule has 0 spiro atoms. The molecule has 0 bridgehead atoms. The molecule has 0 saturated carbocycles. The highest BCUT2D eigenvalue weighted by atomic mass is 32.2. The van der Waals surface area contributed by atoms with E-state index in [1.54, 1.807) is 30.3 Å². The summed E-state index contributed by atoms with van der Waals surface area (Å²) in [6, 6.07) is 10.2. The molecule has 0 radical (unpaired) electrons. The number of rotatable bonds is 5. The number of nitrogens with one attached hydrogen (secondary N) is 1. The van der Waals surface area contributed by atoms with Crippen LogP contribution in [0, 0.1) is 0 Å². The van der Waals surface area contributed by atoms with Crippen molar-refractivity contribution in [3.05, 3.63) is 47.5 Å². The third-order valence-electron chi connectivity index (χ3n) is 4.21. The van der Waals surface area contributed by atoms with Crippen LogP contribution in [0.4, 0.5) is 11.4 Å². The van der Waals surface area contributed by atoms with E-state index in [9.17, 15) is 13.2 Å². The number of amides is 1. The van der Waals surface area contributed by atoms with E-state index in [4.69, 9.17) is 9.47 Å². The van der Waals surface area contributed by atoms with Crippen LogP contribution in [0.15, 0.2) is 36.4 Å². The van der Waals surface area contributed by atoms with Crippen molar-refractivity contribution in [3.8, 4) is 11.5 Å². The van der Waals surface area contributed by atoms with E-state index < -0.39 is 10.0 Å². The summed E-state index contributed by atoms with van der Waals surface area (Å²) < 4.78 is 35.5. The zero-order valence-electron chi connectivity index (χ0n) is 14.8. The maximum Gasteiger partial charge on any atom is 0.255 e. The number of fused-ring (bicyclic) bond motifs is 1. The van der Waals surface area contributed by atoms with Gasteiger partial charge in [-0.3, -0.25) is 9.10 Å². The molecule has 8 heteroatoms. The van der Waals surface area contributed by atoms with Crippen LogP contribution in [-0.4, -0.2) is 41.3 Å². The number of sulfonamides is 1. The summed E-state index contributed by atoms with van der Waals surface area (Å²) in [7, 11) is -0.323. The minimum atomic E-state index is -3.34. The van der Waals surface area contributed by atoms with Crippen LogP contribution in [0.1, 0.15) is 15.9 Å². The minimum absolute atomic E-state index is 0.342. The first-order chi connectivity index (χ1) is 12.3. The van der Waals surface area contributed by atoms with Gasteiger partial charge < -0.3 is 14.8 Å². The molecule has 0 fully saturated rings. The number of ether oxygens (including phenoxy) is 2. The Balaban J connectivity index is 1.87. The molecule has 26 heavy (non-hydrogen) atoms. The number of hydrogen-bond acceptors (Lipinski definition) is 5. The molecule has 1 N–H and O–H groups in total. The Morgan fingerprint density at radius 3 is 2.31 bits per heavy atom. The average molecular weight is 376 g/mol. The number of methoxy groups -OCH3 is 2. The molecule has 0 unspecified atom stereocenters. The second kappa shape index (κ2) is 6.87. The van der Waals surface area contributed by atoms with E-state index in [1.807, 2.05) is 6.07 Å². The van der Waals surface area contributed by atoms with Crippen LogP contribution >= 0.6 is 0 Å². The first-order valence-electron chi connectivity index (χ1n) is 7.97. The number of nitrogens with zero attached hydrogens (tertiary/aromatic N) is 1. The zero-order valence-corrected chi connectivity index (χ0v) is 15.6. The number of carbonyl (C=O) groups is 1. The molecule has 1 aliphatic rings. The van der Waals surface area contributed by atoms with Crippen LogP contribution in [0.5, 0.6) is 11.5 Å². The Bertz CT molecular complexity index is 934. The Kier molecular flexibility index (Phi) is 4.78. The normalized spacial score (nSPS) is 13.3.